The number of nitrogens with one attached hydrogen (secondary N) is 2. The molecule has 1 amide bonds. The Morgan fingerprint density at radius 3 is 2.80 bits per heavy atom. The van der Waals surface area contributed by atoms with Gasteiger partial charge in [0.15, 0.2) is 4.77 Å². The van der Waals surface area contributed by atoms with E-state index in [2.05, 4.69) is 10.3 Å². The van der Waals surface area contributed by atoms with Crippen molar-refractivity contribution in [2.75, 3.05) is 0 Å². The fourth-order valence-corrected chi connectivity index (χ4v) is 3.98. The number of aromatic amines is 1. The Bertz CT molecular complexity index is 1070. The molecule has 130 valence electrons. The first kappa shape index (κ1) is 17.8. The molecule has 0 unspecified atom stereocenters. The van der Waals surface area contributed by atoms with Crippen LogP contribution < -0.4 is 10.9 Å². The van der Waals surface area contributed by atoms with Gasteiger partial charge in [-0.15, -0.1) is 11.3 Å². The number of hydrogen-bond acceptors (Lipinski definition) is 4. The van der Waals surface area contributed by atoms with Crippen molar-refractivity contribution in [2.45, 2.75) is 26.4 Å². The van der Waals surface area contributed by atoms with Crippen molar-refractivity contribution in [1.29, 1.82) is 0 Å². The number of hydrogen-bond donors (Lipinski definition) is 2. The lowest BCUT2D eigenvalue weighted by atomic mass is 10.1. The van der Waals surface area contributed by atoms with E-state index in [1.54, 1.807) is 24.3 Å². The van der Waals surface area contributed by atoms with E-state index < -0.39 is 0 Å². The number of rotatable bonds is 4. The van der Waals surface area contributed by atoms with Gasteiger partial charge in [-0.1, -0.05) is 11.6 Å². The van der Waals surface area contributed by atoms with Crippen LogP contribution in [-0.2, 0) is 6.54 Å². The van der Waals surface area contributed by atoms with Gasteiger partial charge in [0.1, 0.15) is 0 Å². The van der Waals surface area contributed by atoms with Crippen LogP contribution in [0, 0.1) is 4.77 Å². The average Bonchev–Trinajstić information content (AvgIpc) is 3.01. The Morgan fingerprint density at radius 2 is 2.16 bits per heavy atom. The second kappa shape index (κ2) is 7.11. The van der Waals surface area contributed by atoms with Crippen LogP contribution in [0.1, 0.15) is 35.1 Å². The van der Waals surface area contributed by atoms with Crippen LogP contribution in [-0.4, -0.2) is 15.5 Å². The van der Waals surface area contributed by atoms with Gasteiger partial charge in [-0.3, -0.25) is 14.2 Å². The van der Waals surface area contributed by atoms with Crippen LogP contribution >= 0.6 is 35.2 Å². The molecule has 25 heavy (non-hydrogen) atoms. The molecule has 0 saturated heterocycles. The van der Waals surface area contributed by atoms with Crippen LogP contribution in [0.5, 0.6) is 0 Å². The number of amides is 1. The predicted molar refractivity (Wildman–Crippen MR) is 104 cm³/mol. The van der Waals surface area contributed by atoms with Crippen LogP contribution in [0.25, 0.3) is 10.9 Å². The molecule has 3 rings (SSSR count). The van der Waals surface area contributed by atoms with E-state index >= 15 is 0 Å². The molecule has 0 saturated carbocycles. The molecule has 0 radical (unpaired) electrons. The summed E-state index contributed by atoms with van der Waals surface area (Å²) < 4.78 is 2.51. The van der Waals surface area contributed by atoms with E-state index in [9.17, 15) is 9.59 Å². The van der Waals surface area contributed by atoms with Crippen LogP contribution in [0.3, 0.4) is 0 Å². The number of fused-ring (bicyclic) bond motifs is 1. The first-order valence-corrected chi connectivity index (χ1v) is 9.34. The number of halogens is 1. The van der Waals surface area contributed by atoms with Gasteiger partial charge in [-0.25, -0.2) is 0 Å². The summed E-state index contributed by atoms with van der Waals surface area (Å²) in [6.45, 7) is 4.25. The predicted octanol–water partition coefficient (Wildman–Crippen LogP) is 4.28. The lowest BCUT2D eigenvalue weighted by Crippen LogP contribution is -2.26. The summed E-state index contributed by atoms with van der Waals surface area (Å²) in [6.07, 6.45) is 0. The van der Waals surface area contributed by atoms with Gasteiger partial charge >= 0.3 is 0 Å². The summed E-state index contributed by atoms with van der Waals surface area (Å²) in [7, 11) is 0. The summed E-state index contributed by atoms with van der Waals surface area (Å²) in [4.78, 5) is 28.9. The highest BCUT2D eigenvalue weighted by atomic mass is 35.5. The van der Waals surface area contributed by atoms with Gasteiger partial charge in [-0.2, -0.15) is 0 Å². The molecule has 2 N–H and O–H groups in total. The number of aromatic nitrogens is 2. The van der Waals surface area contributed by atoms with Gasteiger partial charge < -0.3 is 10.3 Å². The first-order chi connectivity index (χ1) is 11.9. The smallest absolute Gasteiger partial charge is 0.262 e. The molecule has 0 spiro atoms. The highest BCUT2D eigenvalue weighted by molar-refractivity contribution is 7.71. The monoisotopic (exact) mass is 393 g/mol. The minimum Gasteiger partial charge on any atom is -0.345 e. The Balaban J connectivity index is 1.92. The number of thiophene rings is 1. The molecule has 5 nitrogen and oxygen atoms in total. The third kappa shape index (κ3) is 3.53. The number of benzene rings is 1. The second-order valence-electron chi connectivity index (χ2n) is 5.58. The fourth-order valence-electron chi connectivity index (χ4n) is 2.60. The highest BCUT2D eigenvalue weighted by Gasteiger charge is 2.14. The Hall–Kier alpha value is -1.96. The topological polar surface area (TPSA) is 66.9 Å². The molecule has 1 aromatic carbocycles. The average molecular weight is 394 g/mol. The normalized spacial score (nSPS) is 12.3. The van der Waals surface area contributed by atoms with Crippen molar-refractivity contribution in [2.24, 2.45) is 0 Å². The van der Waals surface area contributed by atoms with Gasteiger partial charge in [0.25, 0.3) is 11.5 Å². The molecule has 2 heterocycles. The van der Waals surface area contributed by atoms with Gasteiger partial charge in [0.2, 0.25) is 0 Å². The molecular formula is C17H16ClN3O2S2. The number of H-pyrrole nitrogens is 1. The molecule has 0 aliphatic rings. The maximum Gasteiger partial charge on any atom is 0.262 e. The summed E-state index contributed by atoms with van der Waals surface area (Å²) in [5.41, 5.74) is 0.857. The Labute approximate surface area is 158 Å². The maximum atomic E-state index is 12.5. The van der Waals surface area contributed by atoms with Crippen molar-refractivity contribution < 1.29 is 4.79 Å². The molecule has 0 aliphatic heterocycles. The van der Waals surface area contributed by atoms with Crippen molar-refractivity contribution in [1.82, 2.24) is 14.9 Å². The maximum absolute atomic E-state index is 12.5. The fraction of sp³-hybridized carbons (Fsp3) is 0.235. The van der Waals surface area contributed by atoms with E-state index in [-0.39, 0.29) is 17.5 Å². The van der Waals surface area contributed by atoms with Crippen molar-refractivity contribution >= 4 is 52.0 Å². The summed E-state index contributed by atoms with van der Waals surface area (Å²) >= 11 is 12.6. The van der Waals surface area contributed by atoms with Gasteiger partial charge in [-0.05, 0) is 56.4 Å². The van der Waals surface area contributed by atoms with Crippen LogP contribution in [0.2, 0.25) is 4.34 Å². The lowest BCUT2D eigenvalue weighted by Gasteiger charge is -2.13. The van der Waals surface area contributed by atoms with Crippen LogP contribution in [0.4, 0.5) is 0 Å². The highest BCUT2D eigenvalue weighted by Crippen LogP contribution is 2.26. The van der Waals surface area contributed by atoms with E-state index in [4.69, 9.17) is 23.8 Å². The number of carbonyl (C=O) groups excluding carboxylic acids is 1. The van der Waals surface area contributed by atoms with Gasteiger partial charge in [0.05, 0.1) is 21.3 Å². The van der Waals surface area contributed by atoms with E-state index in [0.717, 1.165) is 4.88 Å². The van der Waals surface area contributed by atoms with Gasteiger partial charge in [0, 0.05) is 17.0 Å². The lowest BCUT2D eigenvalue weighted by molar-refractivity contribution is 0.0940. The Kier molecular flexibility index (Phi) is 5.08. The molecule has 8 heteroatoms. The van der Waals surface area contributed by atoms with E-state index in [0.29, 0.717) is 32.1 Å². The summed E-state index contributed by atoms with van der Waals surface area (Å²) in [5, 5.41) is 3.44. The standard InChI is InChI=1S/C17H16ClN3O2S2/c1-3-21-16(23)11-5-4-10(8-12(11)20-17(21)24)15(22)19-9(2)13-6-7-14(18)25-13/h4-9H,3H2,1-2H3,(H,19,22)(H,20,24)/t9-/m1/s1. The molecule has 2 aromatic heterocycles. The van der Waals surface area contributed by atoms with E-state index in [1.807, 2.05) is 19.9 Å². The van der Waals surface area contributed by atoms with E-state index in [1.165, 1.54) is 15.9 Å². The van der Waals surface area contributed by atoms with Crippen molar-refractivity contribution in [3.05, 3.63) is 60.2 Å². The SMILES string of the molecule is CCn1c(=S)[nH]c2cc(C(=O)N[C@H](C)c3ccc(Cl)s3)ccc2c1=O. The molecule has 0 bridgehead atoms. The zero-order valence-corrected chi connectivity index (χ0v) is 16.0. The Morgan fingerprint density at radius 1 is 1.40 bits per heavy atom. The summed E-state index contributed by atoms with van der Waals surface area (Å²) in [6, 6.07) is 8.48. The zero-order chi connectivity index (χ0) is 18.1. The van der Waals surface area contributed by atoms with Crippen molar-refractivity contribution in [3.8, 4) is 0 Å². The van der Waals surface area contributed by atoms with Crippen LogP contribution in [0.15, 0.2) is 35.1 Å². The molecule has 0 fully saturated rings. The second-order valence-corrected chi connectivity index (χ2v) is 7.71. The summed E-state index contributed by atoms with van der Waals surface area (Å²) in [5.74, 6) is -0.224. The number of carbonyl (C=O) groups is 1. The largest absolute Gasteiger partial charge is 0.345 e. The third-order valence-corrected chi connectivity index (χ3v) is 5.66. The minimum atomic E-state index is -0.224. The van der Waals surface area contributed by atoms with Crippen molar-refractivity contribution in [3.63, 3.8) is 0 Å². The molecular weight excluding hydrogens is 378 g/mol. The third-order valence-electron chi connectivity index (χ3n) is 3.93. The number of nitrogens with zero attached hydrogens (tertiary/aromatic N) is 1. The molecule has 3 aromatic rings. The quantitative estimate of drug-likeness (QED) is 0.650. The molecule has 1 atom stereocenters. The first-order valence-electron chi connectivity index (χ1n) is 7.73. The molecule has 0 aliphatic carbocycles. The zero-order valence-electron chi connectivity index (χ0n) is 13.6. The minimum absolute atomic E-state index is 0.158.